The van der Waals surface area contributed by atoms with E-state index in [1.165, 1.54) is 6.92 Å². The van der Waals surface area contributed by atoms with E-state index in [0.717, 1.165) is 19.4 Å². The first-order chi connectivity index (χ1) is 8.16. The van der Waals surface area contributed by atoms with Crippen LogP contribution in [0.4, 0.5) is 0 Å². The van der Waals surface area contributed by atoms with Crippen LogP contribution < -0.4 is 5.32 Å². The number of hydrogen-bond donors (Lipinski definition) is 2. The predicted molar refractivity (Wildman–Crippen MR) is 61.3 cm³/mol. The van der Waals surface area contributed by atoms with Crippen LogP contribution in [0.3, 0.4) is 0 Å². The molecule has 1 atom stereocenters. The van der Waals surface area contributed by atoms with Gasteiger partial charge in [0.15, 0.2) is 0 Å². The second-order valence-corrected chi connectivity index (χ2v) is 4.26. The third-order valence-corrected chi connectivity index (χ3v) is 2.85. The molecule has 1 aliphatic heterocycles. The van der Waals surface area contributed by atoms with Gasteiger partial charge in [0.1, 0.15) is 5.69 Å². The molecule has 92 valence electrons. The molecule has 1 aromatic heterocycles. The molecule has 2 N–H and O–H groups in total. The SMILES string of the molecule is CC(=O)NC1CCCN(C(=O)c2ccn[nH]2)C1. The molecule has 0 radical (unpaired) electrons. The number of rotatable bonds is 2. The highest BCUT2D eigenvalue weighted by molar-refractivity contribution is 5.92. The molecule has 0 bridgehead atoms. The predicted octanol–water partition coefficient (Wildman–Crippen LogP) is 0.150. The number of nitrogens with zero attached hydrogens (tertiary/aromatic N) is 2. The van der Waals surface area contributed by atoms with Gasteiger partial charge in [-0.3, -0.25) is 14.7 Å². The van der Waals surface area contributed by atoms with E-state index in [0.29, 0.717) is 12.2 Å². The molecule has 17 heavy (non-hydrogen) atoms. The van der Waals surface area contributed by atoms with Gasteiger partial charge in [-0.25, -0.2) is 0 Å². The number of carbonyl (C=O) groups excluding carboxylic acids is 2. The average Bonchev–Trinajstić information content (AvgIpc) is 2.81. The lowest BCUT2D eigenvalue weighted by Crippen LogP contribution is -2.49. The highest BCUT2D eigenvalue weighted by atomic mass is 16.2. The first-order valence-electron chi connectivity index (χ1n) is 5.72. The smallest absolute Gasteiger partial charge is 0.271 e. The molecule has 0 aromatic carbocycles. The Hall–Kier alpha value is -1.85. The van der Waals surface area contributed by atoms with Gasteiger partial charge in [-0.2, -0.15) is 5.10 Å². The van der Waals surface area contributed by atoms with Crippen LogP contribution in [0.5, 0.6) is 0 Å². The number of piperidine rings is 1. The number of nitrogens with one attached hydrogen (secondary N) is 2. The Bertz CT molecular complexity index is 402. The van der Waals surface area contributed by atoms with Crippen molar-refractivity contribution in [1.82, 2.24) is 20.4 Å². The van der Waals surface area contributed by atoms with Crippen LogP contribution in [0, 0.1) is 0 Å². The van der Waals surface area contributed by atoms with E-state index >= 15 is 0 Å². The van der Waals surface area contributed by atoms with Crippen molar-refractivity contribution in [2.45, 2.75) is 25.8 Å². The average molecular weight is 236 g/mol. The number of aromatic nitrogens is 2. The summed E-state index contributed by atoms with van der Waals surface area (Å²) >= 11 is 0. The fourth-order valence-electron chi connectivity index (χ4n) is 2.11. The third-order valence-electron chi connectivity index (χ3n) is 2.85. The van der Waals surface area contributed by atoms with Gasteiger partial charge < -0.3 is 10.2 Å². The van der Waals surface area contributed by atoms with Crippen molar-refractivity contribution in [3.63, 3.8) is 0 Å². The van der Waals surface area contributed by atoms with Gasteiger partial charge in [-0.15, -0.1) is 0 Å². The van der Waals surface area contributed by atoms with Gasteiger partial charge in [0.05, 0.1) is 0 Å². The Morgan fingerprint density at radius 3 is 3.06 bits per heavy atom. The van der Waals surface area contributed by atoms with Crippen LogP contribution in [-0.4, -0.2) is 46.0 Å². The number of carbonyl (C=O) groups is 2. The highest BCUT2D eigenvalue weighted by Gasteiger charge is 2.25. The minimum absolute atomic E-state index is 0.0501. The molecule has 1 unspecified atom stereocenters. The number of H-pyrrole nitrogens is 1. The van der Waals surface area contributed by atoms with Crippen molar-refractivity contribution in [3.05, 3.63) is 18.0 Å². The Balaban J connectivity index is 1.97. The minimum Gasteiger partial charge on any atom is -0.352 e. The summed E-state index contributed by atoms with van der Waals surface area (Å²) < 4.78 is 0. The third kappa shape index (κ3) is 2.83. The van der Waals surface area contributed by atoms with E-state index in [4.69, 9.17) is 0 Å². The largest absolute Gasteiger partial charge is 0.352 e. The summed E-state index contributed by atoms with van der Waals surface area (Å²) in [6, 6.07) is 1.72. The Morgan fingerprint density at radius 2 is 2.41 bits per heavy atom. The van der Waals surface area contributed by atoms with Gasteiger partial charge in [0.25, 0.3) is 5.91 Å². The maximum Gasteiger partial charge on any atom is 0.271 e. The molecule has 2 amide bonds. The summed E-state index contributed by atoms with van der Waals surface area (Å²) in [6.07, 6.45) is 3.39. The van der Waals surface area contributed by atoms with E-state index in [2.05, 4.69) is 15.5 Å². The van der Waals surface area contributed by atoms with E-state index in [1.54, 1.807) is 17.2 Å². The molecular formula is C11H16N4O2. The molecule has 6 heteroatoms. The summed E-state index contributed by atoms with van der Waals surface area (Å²) in [5, 5.41) is 9.28. The molecule has 2 heterocycles. The minimum atomic E-state index is -0.0578. The Kier molecular flexibility index (Phi) is 3.41. The van der Waals surface area contributed by atoms with Crippen molar-refractivity contribution >= 4 is 11.8 Å². The maximum absolute atomic E-state index is 12.0. The number of aromatic amines is 1. The quantitative estimate of drug-likeness (QED) is 0.767. The fourth-order valence-corrected chi connectivity index (χ4v) is 2.11. The number of amides is 2. The molecule has 1 aliphatic rings. The van der Waals surface area contributed by atoms with Gasteiger partial charge in [0.2, 0.25) is 5.91 Å². The Labute approximate surface area is 99.4 Å². The number of hydrogen-bond acceptors (Lipinski definition) is 3. The monoisotopic (exact) mass is 236 g/mol. The van der Waals surface area contributed by atoms with Gasteiger partial charge >= 0.3 is 0 Å². The first-order valence-corrected chi connectivity index (χ1v) is 5.72. The lowest BCUT2D eigenvalue weighted by atomic mass is 10.1. The lowest BCUT2D eigenvalue weighted by Gasteiger charge is -2.32. The van der Waals surface area contributed by atoms with E-state index in [9.17, 15) is 9.59 Å². The van der Waals surface area contributed by atoms with Gasteiger partial charge in [-0.1, -0.05) is 0 Å². The van der Waals surface area contributed by atoms with Crippen molar-refractivity contribution in [1.29, 1.82) is 0 Å². The van der Waals surface area contributed by atoms with Gasteiger partial charge in [-0.05, 0) is 18.9 Å². The van der Waals surface area contributed by atoms with Crippen LogP contribution in [0.2, 0.25) is 0 Å². The van der Waals surface area contributed by atoms with Crippen LogP contribution in [0.1, 0.15) is 30.3 Å². The normalized spacial score (nSPS) is 20.1. The molecule has 0 spiro atoms. The number of likely N-dealkylation sites (tertiary alicyclic amines) is 1. The van der Waals surface area contributed by atoms with E-state index < -0.39 is 0 Å². The van der Waals surface area contributed by atoms with Crippen molar-refractivity contribution in [2.75, 3.05) is 13.1 Å². The molecule has 0 saturated carbocycles. The van der Waals surface area contributed by atoms with Gasteiger partial charge in [0, 0.05) is 32.3 Å². The van der Waals surface area contributed by atoms with E-state index in [1.807, 2.05) is 0 Å². The van der Waals surface area contributed by atoms with Crippen molar-refractivity contribution in [2.24, 2.45) is 0 Å². The molecule has 6 nitrogen and oxygen atoms in total. The summed E-state index contributed by atoms with van der Waals surface area (Å²) in [5.74, 6) is -0.108. The first kappa shape index (κ1) is 11.6. The van der Waals surface area contributed by atoms with Crippen LogP contribution >= 0.6 is 0 Å². The molecule has 2 rings (SSSR count). The zero-order valence-corrected chi connectivity index (χ0v) is 9.77. The molecular weight excluding hydrogens is 220 g/mol. The second-order valence-electron chi connectivity index (χ2n) is 4.26. The maximum atomic E-state index is 12.0. The zero-order chi connectivity index (χ0) is 12.3. The molecule has 1 aromatic rings. The topological polar surface area (TPSA) is 78.1 Å². The summed E-state index contributed by atoms with van der Waals surface area (Å²) in [5.41, 5.74) is 0.494. The Morgan fingerprint density at radius 1 is 1.59 bits per heavy atom. The molecule has 0 aliphatic carbocycles. The van der Waals surface area contributed by atoms with Crippen LogP contribution in [0.25, 0.3) is 0 Å². The highest BCUT2D eigenvalue weighted by Crippen LogP contribution is 2.12. The lowest BCUT2D eigenvalue weighted by molar-refractivity contribution is -0.120. The standard InChI is InChI=1S/C11H16N4O2/c1-8(16)13-9-3-2-6-15(7-9)11(17)10-4-5-12-14-10/h4-5,9H,2-3,6-7H2,1H3,(H,12,14)(H,13,16). The molecule has 1 fully saturated rings. The van der Waals surface area contributed by atoms with E-state index in [-0.39, 0.29) is 17.9 Å². The zero-order valence-electron chi connectivity index (χ0n) is 9.77. The van der Waals surface area contributed by atoms with Crippen molar-refractivity contribution in [3.8, 4) is 0 Å². The van der Waals surface area contributed by atoms with Crippen LogP contribution in [-0.2, 0) is 4.79 Å². The fraction of sp³-hybridized carbons (Fsp3) is 0.545. The summed E-state index contributed by atoms with van der Waals surface area (Å²) in [4.78, 5) is 24.8. The second kappa shape index (κ2) is 4.99. The summed E-state index contributed by atoms with van der Waals surface area (Å²) in [6.45, 7) is 2.79. The summed E-state index contributed by atoms with van der Waals surface area (Å²) in [7, 11) is 0. The van der Waals surface area contributed by atoms with Crippen LogP contribution in [0.15, 0.2) is 12.3 Å². The molecule has 1 saturated heterocycles. The van der Waals surface area contributed by atoms with Crippen molar-refractivity contribution < 1.29 is 9.59 Å².